The Morgan fingerprint density at radius 3 is 1.08 bits per heavy atom. The SMILES string of the molecule is C=C(C)/C=C(C)/C=C/C(C)(C)C.CC(/C=C/C=C1\C=CC(/C=C/C(C)(C)C)=C1)=C\C(C)C(C)CC(C)C.CC(/C=C/c1cccc(/C=C/C(C)(C)C)c1)=C\C(C)C(C)CC(C)C.CC(=C/C=C/C(C)=C/C(C)C(C)CC(C)C)C=C(C)/C=C/C(C)(C)C.CC(C)(C)c1ccccc1.CC=CC(C)=CC(C)C(C)CC(C)C. The topological polar surface area (TPSA) is 0 Å². The highest BCUT2D eigenvalue weighted by molar-refractivity contribution is 5.59. The zero-order chi connectivity index (χ0) is 86.2. The summed E-state index contributed by atoms with van der Waals surface area (Å²) in [7, 11) is 0. The van der Waals surface area contributed by atoms with Crippen LogP contribution >= 0.6 is 0 Å². The Bertz CT molecular complexity index is 3480. The maximum absolute atomic E-state index is 3.83. The van der Waals surface area contributed by atoms with Gasteiger partial charge in [-0.05, 0) is 226 Å². The highest BCUT2D eigenvalue weighted by Gasteiger charge is 2.16. The van der Waals surface area contributed by atoms with Gasteiger partial charge in [-0.25, -0.2) is 0 Å². The lowest BCUT2D eigenvalue weighted by molar-refractivity contribution is 0.369. The molecule has 622 valence electrons. The third-order valence-corrected chi connectivity index (χ3v) is 18.9. The summed E-state index contributed by atoms with van der Waals surface area (Å²) in [5, 5.41) is 0. The first-order chi connectivity index (χ1) is 50.9. The number of rotatable bonds is 29. The van der Waals surface area contributed by atoms with E-state index in [1.807, 2.05) is 6.92 Å². The molecule has 0 aromatic heterocycles. The third kappa shape index (κ3) is 66.6. The maximum atomic E-state index is 3.83. The Balaban J connectivity index is -0.00000130. The fourth-order valence-electron chi connectivity index (χ4n) is 12.3. The van der Waals surface area contributed by atoms with E-state index in [0.29, 0.717) is 29.1 Å². The van der Waals surface area contributed by atoms with Crippen LogP contribution in [-0.4, -0.2) is 0 Å². The van der Waals surface area contributed by atoms with Gasteiger partial charge in [0, 0.05) is 0 Å². The van der Waals surface area contributed by atoms with Crippen LogP contribution in [-0.2, 0) is 5.41 Å². The van der Waals surface area contributed by atoms with Gasteiger partial charge in [-0.2, -0.15) is 0 Å². The van der Waals surface area contributed by atoms with Gasteiger partial charge in [-0.1, -0.05) is 472 Å². The highest BCUT2D eigenvalue weighted by atomic mass is 14.2. The molecule has 1 aliphatic carbocycles. The Kier molecular flexibility index (Phi) is 55.5. The third-order valence-electron chi connectivity index (χ3n) is 18.9. The summed E-state index contributed by atoms with van der Waals surface area (Å²) in [4.78, 5) is 0. The first kappa shape index (κ1) is 109. The average molecular weight is 1510 g/mol. The lowest BCUT2D eigenvalue weighted by atomic mass is 9.87. The van der Waals surface area contributed by atoms with Gasteiger partial charge in [0.1, 0.15) is 0 Å². The van der Waals surface area contributed by atoms with Crippen LogP contribution in [0.3, 0.4) is 0 Å². The number of hydrogen-bond acceptors (Lipinski definition) is 0. The van der Waals surface area contributed by atoms with Crippen LogP contribution in [0.5, 0.6) is 0 Å². The zero-order valence-corrected chi connectivity index (χ0v) is 80.2. The van der Waals surface area contributed by atoms with Crippen molar-refractivity contribution in [3.05, 3.63) is 285 Å². The van der Waals surface area contributed by atoms with Gasteiger partial charge in [-0.3, -0.25) is 0 Å². The van der Waals surface area contributed by atoms with E-state index in [4.69, 9.17) is 0 Å². The van der Waals surface area contributed by atoms with E-state index in [-0.39, 0.29) is 21.7 Å². The van der Waals surface area contributed by atoms with E-state index in [0.717, 1.165) is 52.9 Å². The van der Waals surface area contributed by atoms with Crippen LogP contribution in [0.4, 0.5) is 0 Å². The molecule has 2 aromatic carbocycles. The summed E-state index contributed by atoms with van der Waals surface area (Å²) < 4.78 is 0. The predicted molar refractivity (Wildman–Crippen MR) is 516 cm³/mol. The van der Waals surface area contributed by atoms with Gasteiger partial charge >= 0.3 is 0 Å². The molecule has 0 aliphatic heterocycles. The smallest absolute Gasteiger partial charge is 0.0132 e. The molecule has 111 heavy (non-hydrogen) atoms. The van der Waals surface area contributed by atoms with Crippen molar-refractivity contribution in [1.82, 2.24) is 0 Å². The lowest BCUT2D eigenvalue weighted by Crippen LogP contribution is -2.10. The van der Waals surface area contributed by atoms with Crippen molar-refractivity contribution < 1.29 is 0 Å². The van der Waals surface area contributed by atoms with Gasteiger partial charge in [-0.15, -0.1) is 0 Å². The fourth-order valence-corrected chi connectivity index (χ4v) is 12.3. The first-order valence-corrected chi connectivity index (χ1v) is 43.0. The molecule has 3 rings (SSSR count). The average Bonchev–Trinajstić information content (AvgIpc) is 1.86. The van der Waals surface area contributed by atoms with E-state index in [1.165, 1.54) is 92.5 Å². The molecule has 8 atom stereocenters. The quantitative estimate of drug-likeness (QED) is 0.0712. The Morgan fingerprint density at radius 2 is 0.721 bits per heavy atom. The normalized spacial score (nSPS) is 17.0. The van der Waals surface area contributed by atoms with E-state index < -0.39 is 0 Å². The minimum absolute atomic E-state index is 0.216. The van der Waals surface area contributed by atoms with Crippen LogP contribution in [0.25, 0.3) is 12.2 Å². The van der Waals surface area contributed by atoms with Crippen LogP contribution in [0.15, 0.2) is 269 Å². The summed E-state index contributed by atoms with van der Waals surface area (Å²) in [5.74, 6) is 8.67. The second-order valence-corrected chi connectivity index (χ2v) is 40.3. The maximum Gasteiger partial charge on any atom is -0.0132 e. The molecule has 0 amide bonds. The summed E-state index contributed by atoms with van der Waals surface area (Å²) >= 11 is 0. The Morgan fingerprint density at radius 1 is 0.360 bits per heavy atom. The summed E-state index contributed by atoms with van der Waals surface area (Å²) in [6.45, 7) is 93.6. The Labute approximate surface area is 694 Å². The van der Waals surface area contributed by atoms with Gasteiger partial charge in [0.25, 0.3) is 0 Å². The zero-order valence-electron chi connectivity index (χ0n) is 80.2. The molecular formula is C111H178. The van der Waals surface area contributed by atoms with Crippen molar-refractivity contribution in [3.63, 3.8) is 0 Å². The molecule has 1 aliphatic rings. The van der Waals surface area contributed by atoms with Crippen molar-refractivity contribution in [2.75, 3.05) is 0 Å². The second-order valence-electron chi connectivity index (χ2n) is 40.3. The second kappa shape index (κ2) is 56.7. The molecule has 0 heterocycles. The molecule has 0 N–H and O–H groups in total. The lowest BCUT2D eigenvalue weighted by Gasteiger charge is -2.19. The van der Waals surface area contributed by atoms with Gasteiger partial charge in [0.2, 0.25) is 0 Å². The highest BCUT2D eigenvalue weighted by Crippen LogP contribution is 2.29. The summed E-state index contributed by atoms with van der Waals surface area (Å²) in [6.07, 6.45) is 65.4. The molecule has 2 aromatic rings. The molecule has 0 fully saturated rings. The van der Waals surface area contributed by atoms with Gasteiger partial charge in [0.15, 0.2) is 0 Å². The van der Waals surface area contributed by atoms with Crippen LogP contribution in [0.1, 0.15) is 319 Å². The molecule has 0 spiro atoms. The van der Waals surface area contributed by atoms with Gasteiger partial charge in [0.05, 0.1) is 0 Å². The van der Waals surface area contributed by atoms with Crippen molar-refractivity contribution in [1.29, 1.82) is 0 Å². The molecule has 0 nitrogen and oxygen atoms in total. The van der Waals surface area contributed by atoms with Gasteiger partial charge < -0.3 is 0 Å². The summed E-state index contributed by atoms with van der Waals surface area (Å²) in [5.41, 5.74) is 18.1. The molecule has 0 bridgehead atoms. The van der Waals surface area contributed by atoms with E-state index in [2.05, 4.69) is 495 Å². The summed E-state index contributed by atoms with van der Waals surface area (Å²) in [6, 6.07) is 19.3. The minimum atomic E-state index is 0.216. The van der Waals surface area contributed by atoms with Crippen LogP contribution in [0.2, 0.25) is 0 Å². The largest absolute Gasteiger partial charge is 0.0961 e. The Hall–Kier alpha value is -6.50. The van der Waals surface area contributed by atoms with Crippen LogP contribution < -0.4 is 0 Å². The number of hydrogen-bond donors (Lipinski definition) is 0. The van der Waals surface area contributed by atoms with Crippen molar-refractivity contribution >= 4 is 12.2 Å². The number of benzene rings is 2. The predicted octanol–water partition coefficient (Wildman–Crippen LogP) is 36.1. The van der Waals surface area contributed by atoms with Crippen molar-refractivity contribution in [3.8, 4) is 0 Å². The van der Waals surface area contributed by atoms with E-state index in [9.17, 15) is 0 Å². The molecule has 0 heteroatoms. The molecule has 0 saturated heterocycles. The first-order valence-electron chi connectivity index (χ1n) is 43.0. The monoisotopic (exact) mass is 1510 g/mol. The molecule has 0 saturated carbocycles. The van der Waals surface area contributed by atoms with Crippen molar-refractivity contribution in [2.45, 2.75) is 308 Å². The standard InChI is InChI=1S/2C25H38.C25H42.C14H26.C12H20.C10H14/c1-19(2)16-21(4)22(5)17-20(3)12-13-23-10-9-11-24(18-23)14-15-25(6,7)8;1-19(2)16-21(4)22(5)17-20(3)10-9-11-23-12-13-24(18-23)14-15-25(6,7)8;1-19(2)16-23(6)24(7)18-21(4)13-11-12-20(3)17-22(5)14-15-25(8,9)10;1-7-8-12(4)10-14(6)13(5)9-11(2)3;1-10(2)9-11(3)7-8-12(4,5)6;1-10(2,3)9-7-5-4-6-8-9/h2*9-15,17-19,21-22H,16H2,1-8H3;11-15,17-19,23-24H,16H2,1-10H3;7-8,10-11,13-14H,9H2,1-6H3;7-9H,1H2,2-6H3;4-8H,1-3H3/b13-12+,15-14+,20-17+;10-9+,15-14+,20-17+,23-11+;13-11+,15-14+,20-12?,21-18+,22-17?;;8-7+,11-9+;. The van der Waals surface area contributed by atoms with Crippen LogP contribution in [0, 0.1) is 92.7 Å². The molecule has 8 unspecified atom stereocenters. The van der Waals surface area contributed by atoms with E-state index >= 15 is 0 Å². The minimum Gasteiger partial charge on any atom is -0.0961 e. The molecular weight excluding hydrogens is 1330 g/mol. The fraction of sp³-hybridized carbons (Fsp3) is 0.550. The van der Waals surface area contributed by atoms with E-state index in [1.54, 1.807) is 0 Å². The number of allylic oxidation sites excluding steroid dienone is 35. The van der Waals surface area contributed by atoms with Crippen molar-refractivity contribution in [2.24, 2.45) is 92.7 Å². The molecule has 0 radical (unpaired) electrons.